The third-order valence-corrected chi connectivity index (χ3v) is 8.86. The Morgan fingerprint density at radius 2 is 1.27 bits per heavy atom. The van der Waals surface area contributed by atoms with Crippen LogP contribution in [0.15, 0.2) is 139 Å². The number of hydrogen-bond acceptors (Lipinski definition) is 2. The zero-order chi connectivity index (χ0) is 27.3. The maximum Gasteiger partial charge on any atom is 0.147 e. The maximum absolute atomic E-state index is 5.32. The molecule has 8 rings (SSSR count). The van der Waals surface area contributed by atoms with Crippen molar-refractivity contribution < 1.29 is 0 Å². The van der Waals surface area contributed by atoms with Crippen molar-refractivity contribution in [2.24, 2.45) is 0 Å². The van der Waals surface area contributed by atoms with Crippen molar-refractivity contribution in [3.05, 3.63) is 144 Å². The highest BCUT2D eigenvalue weighted by molar-refractivity contribution is 7.17. The summed E-state index contributed by atoms with van der Waals surface area (Å²) in [5.74, 6) is 0.963. The summed E-state index contributed by atoms with van der Waals surface area (Å²) >= 11 is 1.79. The molecular formula is C38H26N2S. The molecule has 41 heavy (non-hydrogen) atoms. The molecule has 2 nitrogen and oxygen atoms in total. The number of hydrogen-bond donors (Lipinski definition) is 0. The van der Waals surface area contributed by atoms with Gasteiger partial charge in [0, 0.05) is 32.2 Å². The second-order valence-electron chi connectivity index (χ2n) is 10.5. The zero-order valence-electron chi connectivity index (χ0n) is 22.6. The van der Waals surface area contributed by atoms with Crippen LogP contribution in [0.3, 0.4) is 0 Å². The summed E-state index contributed by atoms with van der Waals surface area (Å²) in [6.45, 7) is 2.16. The van der Waals surface area contributed by atoms with E-state index in [1.165, 1.54) is 48.7 Å². The third-order valence-electron chi connectivity index (χ3n) is 7.92. The molecule has 3 heteroatoms. The van der Waals surface area contributed by atoms with Gasteiger partial charge in [-0.3, -0.25) is 4.57 Å². The van der Waals surface area contributed by atoms with E-state index in [0.29, 0.717) is 0 Å². The first-order valence-corrected chi connectivity index (χ1v) is 14.8. The molecule has 0 aliphatic carbocycles. The van der Waals surface area contributed by atoms with Crippen LogP contribution in [0.25, 0.3) is 71.2 Å². The number of fused-ring (bicyclic) bond motifs is 3. The van der Waals surface area contributed by atoms with Crippen molar-refractivity contribution in [1.29, 1.82) is 0 Å². The number of benzene rings is 6. The van der Waals surface area contributed by atoms with Crippen LogP contribution in [0.2, 0.25) is 0 Å². The van der Waals surface area contributed by atoms with Crippen molar-refractivity contribution in [2.45, 2.75) is 6.92 Å². The Kier molecular flexibility index (Phi) is 5.58. The quantitative estimate of drug-likeness (QED) is 0.216. The van der Waals surface area contributed by atoms with Gasteiger partial charge in [0.2, 0.25) is 0 Å². The average Bonchev–Trinajstić information content (AvgIpc) is 3.61. The molecule has 0 fully saturated rings. The second kappa shape index (κ2) is 9.58. The van der Waals surface area contributed by atoms with Gasteiger partial charge >= 0.3 is 0 Å². The average molecular weight is 543 g/mol. The molecule has 8 aromatic rings. The third kappa shape index (κ3) is 3.97. The number of para-hydroxylation sites is 3. The molecule has 2 aromatic heterocycles. The minimum absolute atomic E-state index is 0.963. The van der Waals surface area contributed by atoms with Crippen LogP contribution in [0.4, 0.5) is 0 Å². The highest BCUT2D eigenvalue weighted by Crippen LogP contribution is 2.43. The molecule has 0 radical (unpaired) electrons. The number of aromatic nitrogens is 2. The second-order valence-corrected chi connectivity index (χ2v) is 11.5. The minimum Gasteiger partial charge on any atom is -0.291 e. The molecule has 6 aromatic carbocycles. The number of imidazole rings is 1. The van der Waals surface area contributed by atoms with E-state index in [1.807, 2.05) is 0 Å². The van der Waals surface area contributed by atoms with E-state index in [9.17, 15) is 0 Å². The first-order valence-electron chi connectivity index (χ1n) is 13.9. The lowest BCUT2D eigenvalue weighted by atomic mass is 9.95. The summed E-state index contributed by atoms with van der Waals surface area (Å²) in [4.78, 5) is 5.32. The lowest BCUT2D eigenvalue weighted by Crippen LogP contribution is -2.03. The van der Waals surface area contributed by atoms with E-state index in [4.69, 9.17) is 4.98 Å². The van der Waals surface area contributed by atoms with Crippen molar-refractivity contribution in [3.63, 3.8) is 0 Å². The van der Waals surface area contributed by atoms with E-state index in [-0.39, 0.29) is 0 Å². The first-order chi connectivity index (χ1) is 20.2. The highest BCUT2D eigenvalue weighted by atomic mass is 32.1. The van der Waals surface area contributed by atoms with E-state index in [2.05, 4.69) is 150 Å². The molecule has 0 atom stereocenters. The molecule has 0 unspecified atom stereocenters. The Balaban J connectivity index is 1.49. The monoisotopic (exact) mass is 542 g/mol. The Hall–Kier alpha value is -4.99. The topological polar surface area (TPSA) is 17.8 Å². The minimum atomic E-state index is 0.963. The largest absolute Gasteiger partial charge is 0.291 e. The standard InChI is InChI=1S/C38H26N2S/c1-25-19-20-28-23-36-32(22-29(28)21-25)33(24-41-36)38-39-34-17-8-9-18-35(34)40(38)37-30(26-11-4-2-5-12-26)15-10-16-31(37)27-13-6-3-7-14-27/h2-24H,1H3. The van der Waals surface area contributed by atoms with Gasteiger partial charge in [0.05, 0.1) is 16.7 Å². The van der Waals surface area contributed by atoms with Gasteiger partial charge in [0.1, 0.15) is 5.82 Å². The van der Waals surface area contributed by atoms with Crippen LogP contribution in [-0.2, 0) is 0 Å². The van der Waals surface area contributed by atoms with Gasteiger partial charge in [-0.05, 0) is 53.1 Å². The van der Waals surface area contributed by atoms with Gasteiger partial charge in [-0.2, -0.15) is 0 Å². The molecule has 194 valence electrons. The smallest absolute Gasteiger partial charge is 0.147 e. The zero-order valence-corrected chi connectivity index (χ0v) is 23.4. The summed E-state index contributed by atoms with van der Waals surface area (Å²) in [6, 6.07) is 47.9. The summed E-state index contributed by atoms with van der Waals surface area (Å²) in [7, 11) is 0. The van der Waals surface area contributed by atoms with Crippen LogP contribution in [0.1, 0.15) is 5.56 Å². The molecular weight excluding hydrogens is 516 g/mol. The molecule has 0 aliphatic rings. The number of nitrogens with zero attached hydrogens (tertiary/aromatic N) is 2. The van der Waals surface area contributed by atoms with Gasteiger partial charge in [-0.15, -0.1) is 11.3 Å². The van der Waals surface area contributed by atoms with Crippen molar-refractivity contribution >= 4 is 43.2 Å². The molecule has 0 saturated carbocycles. The van der Waals surface area contributed by atoms with Gasteiger partial charge < -0.3 is 0 Å². The van der Waals surface area contributed by atoms with Crippen LogP contribution in [0, 0.1) is 6.92 Å². The summed E-state index contributed by atoms with van der Waals surface area (Å²) in [5.41, 5.74) is 10.4. The van der Waals surface area contributed by atoms with Gasteiger partial charge in [0.15, 0.2) is 0 Å². The Bertz CT molecular complexity index is 2150. The molecule has 0 spiro atoms. The van der Waals surface area contributed by atoms with Crippen LogP contribution in [-0.4, -0.2) is 9.55 Å². The Morgan fingerprint density at radius 1 is 0.585 bits per heavy atom. The Morgan fingerprint density at radius 3 is 2.00 bits per heavy atom. The summed E-state index contributed by atoms with van der Waals surface area (Å²) in [5, 5.41) is 6.05. The molecule has 0 aliphatic heterocycles. The van der Waals surface area contributed by atoms with Gasteiger partial charge in [-0.25, -0.2) is 4.98 Å². The van der Waals surface area contributed by atoms with E-state index in [1.54, 1.807) is 11.3 Å². The van der Waals surface area contributed by atoms with Crippen LogP contribution >= 0.6 is 11.3 Å². The SMILES string of the molecule is Cc1ccc2cc3scc(-c4nc5ccccc5n4-c4c(-c5ccccc5)cccc4-c4ccccc4)c3cc2c1. The molecule has 0 saturated heterocycles. The van der Waals surface area contributed by atoms with Gasteiger partial charge in [-0.1, -0.05) is 115 Å². The maximum atomic E-state index is 5.32. The predicted octanol–water partition coefficient (Wildman–Crippen LogP) is 10.7. The van der Waals surface area contributed by atoms with E-state index < -0.39 is 0 Å². The molecule has 0 N–H and O–H groups in total. The van der Waals surface area contributed by atoms with Crippen LogP contribution < -0.4 is 0 Å². The fourth-order valence-electron chi connectivity index (χ4n) is 5.98. The van der Waals surface area contributed by atoms with Crippen molar-refractivity contribution in [3.8, 4) is 39.3 Å². The van der Waals surface area contributed by atoms with Crippen molar-refractivity contribution in [2.75, 3.05) is 0 Å². The number of thiophene rings is 1. The number of rotatable bonds is 4. The van der Waals surface area contributed by atoms with Gasteiger partial charge in [0.25, 0.3) is 0 Å². The number of aryl methyl sites for hydroxylation is 1. The van der Waals surface area contributed by atoms with Crippen molar-refractivity contribution in [1.82, 2.24) is 9.55 Å². The fraction of sp³-hybridized carbons (Fsp3) is 0.0263. The molecule has 0 amide bonds. The predicted molar refractivity (Wildman–Crippen MR) is 175 cm³/mol. The molecule has 0 bridgehead atoms. The normalized spacial score (nSPS) is 11.5. The van der Waals surface area contributed by atoms with E-state index >= 15 is 0 Å². The van der Waals surface area contributed by atoms with E-state index in [0.717, 1.165) is 28.1 Å². The summed E-state index contributed by atoms with van der Waals surface area (Å²) in [6.07, 6.45) is 0. The van der Waals surface area contributed by atoms with Crippen LogP contribution in [0.5, 0.6) is 0 Å². The summed E-state index contributed by atoms with van der Waals surface area (Å²) < 4.78 is 3.66. The highest BCUT2D eigenvalue weighted by Gasteiger charge is 2.23. The first kappa shape index (κ1) is 23.9. The lowest BCUT2D eigenvalue weighted by molar-refractivity contribution is 1.11. The lowest BCUT2D eigenvalue weighted by Gasteiger charge is -2.19. The molecule has 2 heterocycles. The fourth-order valence-corrected chi connectivity index (χ4v) is 6.95. The Labute approximate surface area is 242 Å².